The van der Waals surface area contributed by atoms with Crippen LogP contribution in [-0.2, 0) is 23.9 Å². The van der Waals surface area contributed by atoms with Gasteiger partial charge in [0.15, 0.2) is 17.5 Å². The molecule has 0 aliphatic heterocycles. The van der Waals surface area contributed by atoms with E-state index in [9.17, 15) is 29.7 Å². The highest BCUT2D eigenvalue weighted by atomic mass is 16.6. The van der Waals surface area contributed by atoms with Gasteiger partial charge in [-0.3, -0.25) is 14.4 Å². The van der Waals surface area contributed by atoms with Crippen LogP contribution in [0.15, 0.2) is 23.3 Å². The molecule has 0 heterocycles. The van der Waals surface area contributed by atoms with Crippen molar-refractivity contribution in [2.24, 2.45) is 40.4 Å². The number of allylic oxidation sites excluding steroid dienone is 1. The first-order chi connectivity index (χ1) is 16.5. The van der Waals surface area contributed by atoms with Crippen molar-refractivity contribution in [3.63, 3.8) is 0 Å². The van der Waals surface area contributed by atoms with Gasteiger partial charge in [0.25, 0.3) is 0 Å². The van der Waals surface area contributed by atoms with Gasteiger partial charge in [-0.1, -0.05) is 53.7 Å². The maximum Gasteiger partial charge on any atom is 0.309 e. The van der Waals surface area contributed by atoms with Gasteiger partial charge in [-0.05, 0) is 36.3 Å². The Hall–Kier alpha value is -2.03. The highest BCUT2D eigenvalue weighted by Crippen LogP contribution is 2.75. The molecule has 0 saturated heterocycles. The highest BCUT2D eigenvalue weighted by Gasteiger charge is 2.83. The van der Waals surface area contributed by atoms with Crippen molar-refractivity contribution < 1.29 is 39.2 Å². The Morgan fingerprint density at radius 3 is 2.36 bits per heavy atom. The lowest BCUT2D eigenvalue weighted by Gasteiger charge is -2.49. The highest BCUT2D eigenvalue weighted by molar-refractivity contribution is 5.96. The number of ether oxygens (including phenoxy) is 2. The van der Waals surface area contributed by atoms with E-state index < -0.39 is 76.5 Å². The van der Waals surface area contributed by atoms with Crippen LogP contribution in [0.5, 0.6) is 0 Å². The first kappa shape index (κ1) is 27.0. The van der Waals surface area contributed by atoms with Crippen LogP contribution in [0.3, 0.4) is 0 Å². The van der Waals surface area contributed by atoms with Gasteiger partial charge in [0.05, 0.1) is 17.9 Å². The Morgan fingerprint density at radius 2 is 1.83 bits per heavy atom. The molecule has 0 amide bonds. The van der Waals surface area contributed by atoms with Crippen LogP contribution < -0.4 is 0 Å². The number of aliphatic hydroxyl groups is 3. The van der Waals surface area contributed by atoms with Gasteiger partial charge in [0.1, 0.15) is 11.7 Å². The summed E-state index contributed by atoms with van der Waals surface area (Å²) < 4.78 is 11.8. The minimum atomic E-state index is -2.23. The summed E-state index contributed by atoms with van der Waals surface area (Å²) in [5.41, 5.74) is -4.76. The van der Waals surface area contributed by atoms with Crippen molar-refractivity contribution in [2.75, 3.05) is 6.61 Å². The zero-order chi connectivity index (χ0) is 27.2. The molecule has 8 heteroatoms. The van der Waals surface area contributed by atoms with Crippen LogP contribution in [0.25, 0.3) is 0 Å². The van der Waals surface area contributed by atoms with Gasteiger partial charge in [0, 0.05) is 24.2 Å². The summed E-state index contributed by atoms with van der Waals surface area (Å²) in [6.07, 6.45) is 0.550. The molecule has 200 valence electrons. The monoisotopic (exact) mass is 504 g/mol. The van der Waals surface area contributed by atoms with Crippen LogP contribution in [0.2, 0.25) is 0 Å². The van der Waals surface area contributed by atoms with E-state index in [2.05, 4.69) is 0 Å². The van der Waals surface area contributed by atoms with Crippen molar-refractivity contribution >= 4 is 17.7 Å². The molecule has 3 unspecified atom stereocenters. The SMILES string of the molecule is CC(=O)O[C@@]12CC(C)C34C=C(C)[C@H](OC(=O)C(C)C(C)C)[C@@]3(O)[C@H](O)C(CO)=C[C@H](C4=O)[C@@H]1C2(C)C. The van der Waals surface area contributed by atoms with E-state index in [1.54, 1.807) is 26.0 Å². The minimum Gasteiger partial charge on any atom is -0.458 e. The summed E-state index contributed by atoms with van der Waals surface area (Å²) in [4.78, 5) is 39.7. The van der Waals surface area contributed by atoms with Crippen LogP contribution in [0.4, 0.5) is 0 Å². The molecular weight excluding hydrogens is 464 g/mol. The zero-order valence-electron chi connectivity index (χ0n) is 22.5. The van der Waals surface area contributed by atoms with Gasteiger partial charge in [-0.25, -0.2) is 0 Å². The molecule has 3 N–H and O–H groups in total. The van der Waals surface area contributed by atoms with Crippen LogP contribution in [0, 0.1) is 40.4 Å². The van der Waals surface area contributed by atoms with Gasteiger partial charge in [0.2, 0.25) is 0 Å². The van der Waals surface area contributed by atoms with Crippen molar-refractivity contribution in [1.82, 2.24) is 0 Å². The third-order valence-electron chi connectivity index (χ3n) is 9.95. The van der Waals surface area contributed by atoms with Crippen molar-refractivity contribution in [3.05, 3.63) is 23.3 Å². The lowest BCUT2D eigenvalue weighted by atomic mass is 9.59. The lowest BCUT2D eigenvalue weighted by Crippen LogP contribution is -2.66. The Labute approximate surface area is 212 Å². The average molecular weight is 505 g/mol. The number of aliphatic hydroxyl groups excluding tert-OH is 2. The Bertz CT molecular complexity index is 1060. The van der Waals surface area contributed by atoms with Crippen LogP contribution >= 0.6 is 0 Å². The quantitative estimate of drug-likeness (QED) is 0.384. The van der Waals surface area contributed by atoms with Crippen LogP contribution in [-0.4, -0.2) is 63.1 Å². The lowest BCUT2D eigenvalue weighted by molar-refractivity contribution is -0.206. The summed E-state index contributed by atoms with van der Waals surface area (Å²) in [6, 6.07) is 0. The van der Waals surface area contributed by atoms with E-state index in [1.165, 1.54) is 6.92 Å². The standard InChI is InChI=1S/C28H40O8/c1-13(2)16(5)24(33)35-23-14(3)10-26-15(4)11-27(36-17(6)30)20(25(27,7)8)19(22(26)32)9-18(12-29)21(31)28(23,26)34/h9-10,13,15-16,19-21,23,29,31,34H,11-12H2,1-8H3/t15?,16?,19-,20+,21+,23-,26?,27-,28-/m0/s1. The van der Waals surface area contributed by atoms with Crippen molar-refractivity contribution in [1.29, 1.82) is 0 Å². The molecule has 0 aromatic heterocycles. The molecule has 36 heavy (non-hydrogen) atoms. The fourth-order valence-electron chi connectivity index (χ4n) is 7.65. The van der Waals surface area contributed by atoms with Gasteiger partial charge >= 0.3 is 11.9 Å². The normalized spacial score (nSPS) is 43.3. The fraction of sp³-hybridized carbons (Fsp3) is 0.750. The second kappa shape index (κ2) is 8.23. The van der Waals surface area contributed by atoms with Crippen molar-refractivity contribution in [2.45, 2.75) is 85.2 Å². The molecule has 2 bridgehead atoms. The Balaban J connectivity index is 1.91. The largest absolute Gasteiger partial charge is 0.458 e. The number of hydrogen-bond acceptors (Lipinski definition) is 8. The first-order valence-corrected chi connectivity index (χ1v) is 12.9. The summed E-state index contributed by atoms with van der Waals surface area (Å²) in [5.74, 6) is -3.58. The Kier molecular flexibility index (Phi) is 6.18. The average Bonchev–Trinajstić information content (AvgIpc) is 3.17. The molecule has 1 spiro atoms. The molecule has 4 aliphatic carbocycles. The number of carbonyl (C=O) groups excluding carboxylic acids is 3. The summed E-state index contributed by atoms with van der Waals surface area (Å²) in [6.45, 7) is 13.6. The molecule has 9 atom stereocenters. The molecule has 0 aromatic rings. The number of esters is 2. The molecule has 2 fully saturated rings. The van der Waals surface area contributed by atoms with Crippen LogP contribution in [0.1, 0.15) is 61.8 Å². The van der Waals surface area contributed by atoms with Crippen molar-refractivity contribution in [3.8, 4) is 0 Å². The maximum atomic E-state index is 14.5. The molecule has 0 radical (unpaired) electrons. The minimum absolute atomic E-state index is 0.0144. The smallest absolute Gasteiger partial charge is 0.309 e. The molecule has 4 aliphatic rings. The molecule has 0 aromatic carbocycles. The van der Waals surface area contributed by atoms with E-state index in [4.69, 9.17) is 9.47 Å². The third kappa shape index (κ3) is 3.13. The number of carbonyl (C=O) groups is 3. The predicted octanol–water partition coefficient (Wildman–Crippen LogP) is 2.34. The second-order valence-corrected chi connectivity index (χ2v) is 12.4. The Morgan fingerprint density at radius 1 is 1.22 bits per heavy atom. The number of rotatable bonds is 5. The van der Waals surface area contributed by atoms with E-state index >= 15 is 0 Å². The second-order valence-electron chi connectivity index (χ2n) is 12.4. The predicted molar refractivity (Wildman–Crippen MR) is 130 cm³/mol. The van der Waals surface area contributed by atoms with Gasteiger partial charge in [-0.2, -0.15) is 0 Å². The molecule has 4 rings (SSSR count). The van der Waals surface area contributed by atoms with Gasteiger partial charge in [-0.15, -0.1) is 0 Å². The van der Waals surface area contributed by atoms with E-state index in [0.29, 0.717) is 5.57 Å². The summed E-state index contributed by atoms with van der Waals surface area (Å²) >= 11 is 0. The number of ketones is 1. The fourth-order valence-corrected chi connectivity index (χ4v) is 7.65. The van der Waals surface area contributed by atoms with E-state index in [1.807, 2.05) is 34.6 Å². The molecular formula is C28H40O8. The third-order valence-corrected chi connectivity index (χ3v) is 9.95. The number of Topliss-reactive ketones (excluding diaryl/α,β-unsaturated/α-hetero) is 1. The first-order valence-electron chi connectivity index (χ1n) is 12.9. The number of fused-ring (bicyclic) bond motifs is 3. The summed E-state index contributed by atoms with van der Waals surface area (Å²) in [5, 5.41) is 34.3. The van der Waals surface area contributed by atoms with E-state index in [0.717, 1.165) is 0 Å². The maximum absolute atomic E-state index is 14.5. The van der Waals surface area contributed by atoms with E-state index in [-0.39, 0.29) is 23.7 Å². The molecule has 8 nitrogen and oxygen atoms in total. The zero-order valence-corrected chi connectivity index (χ0v) is 22.5. The molecule has 2 saturated carbocycles. The topological polar surface area (TPSA) is 130 Å². The summed E-state index contributed by atoms with van der Waals surface area (Å²) in [7, 11) is 0. The number of hydrogen-bond donors (Lipinski definition) is 3. The van der Waals surface area contributed by atoms with Gasteiger partial charge < -0.3 is 24.8 Å².